The van der Waals surface area contributed by atoms with Crippen molar-refractivity contribution in [1.29, 1.82) is 0 Å². The summed E-state index contributed by atoms with van der Waals surface area (Å²) < 4.78 is 0. The van der Waals surface area contributed by atoms with Crippen LogP contribution in [-0.4, -0.2) is 24.1 Å². The molecule has 0 saturated heterocycles. The van der Waals surface area contributed by atoms with E-state index in [9.17, 15) is 9.90 Å². The Kier molecular flexibility index (Phi) is 4.60. The number of anilines is 1. The van der Waals surface area contributed by atoms with Crippen LogP contribution in [-0.2, 0) is 11.2 Å². The number of nitrogens with zero attached hydrogens (tertiary/aromatic N) is 1. The Bertz CT molecular complexity index is 623. The summed E-state index contributed by atoms with van der Waals surface area (Å²) >= 11 is 0. The van der Waals surface area contributed by atoms with Crippen molar-refractivity contribution in [3.8, 4) is 5.75 Å². The molecule has 2 aromatic rings. The van der Waals surface area contributed by atoms with Gasteiger partial charge in [0.1, 0.15) is 5.75 Å². The number of nitrogens with two attached hydrogens (primary N) is 1. The van der Waals surface area contributed by atoms with Gasteiger partial charge in [0.25, 0.3) is 0 Å². The van der Waals surface area contributed by atoms with Crippen LogP contribution in [0.3, 0.4) is 0 Å². The molecule has 0 bridgehead atoms. The molecule has 0 fully saturated rings. The van der Waals surface area contributed by atoms with Crippen LogP contribution in [0.2, 0.25) is 0 Å². The minimum atomic E-state index is -0.611. The Balaban J connectivity index is 2.06. The Morgan fingerprint density at radius 1 is 1.24 bits per heavy atom. The minimum absolute atomic E-state index is 0.131. The highest BCUT2D eigenvalue weighted by molar-refractivity contribution is 5.96. The highest BCUT2D eigenvalue weighted by Gasteiger charge is 2.19. The van der Waals surface area contributed by atoms with Gasteiger partial charge in [-0.15, -0.1) is 0 Å². The molecule has 0 aliphatic heterocycles. The molecule has 0 spiro atoms. The van der Waals surface area contributed by atoms with Crippen LogP contribution in [0, 0.1) is 6.92 Å². The van der Waals surface area contributed by atoms with Gasteiger partial charge in [0.15, 0.2) is 0 Å². The number of likely N-dealkylation sites (N-methyl/N-ethyl adjacent to an activating group) is 1. The summed E-state index contributed by atoms with van der Waals surface area (Å²) in [6, 6.07) is 13.9. The molecule has 0 radical (unpaired) electrons. The van der Waals surface area contributed by atoms with E-state index >= 15 is 0 Å². The van der Waals surface area contributed by atoms with E-state index < -0.39 is 6.04 Å². The van der Waals surface area contributed by atoms with Crippen LogP contribution in [0.4, 0.5) is 5.69 Å². The number of phenolic OH excluding ortho intramolecular Hbond substituents is 1. The van der Waals surface area contributed by atoms with E-state index in [-0.39, 0.29) is 11.7 Å². The Hall–Kier alpha value is -2.33. The lowest BCUT2D eigenvalue weighted by atomic mass is 10.1. The Morgan fingerprint density at radius 3 is 2.52 bits per heavy atom. The lowest BCUT2D eigenvalue weighted by molar-refractivity contribution is -0.119. The third-order valence-electron chi connectivity index (χ3n) is 3.43. The fraction of sp³-hybridized carbons (Fsp3) is 0.235. The molecule has 0 saturated carbocycles. The van der Waals surface area contributed by atoms with Gasteiger partial charge in [-0.2, -0.15) is 0 Å². The van der Waals surface area contributed by atoms with Crippen molar-refractivity contribution in [2.45, 2.75) is 19.4 Å². The van der Waals surface area contributed by atoms with Crippen molar-refractivity contribution in [2.24, 2.45) is 5.73 Å². The van der Waals surface area contributed by atoms with Gasteiger partial charge in [0, 0.05) is 12.7 Å². The molecular formula is C17H20N2O2. The van der Waals surface area contributed by atoms with Crippen molar-refractivity contribution in [2.75, 3.05) is 11.9 Å². The van der Waals surface area contributed by atoms with Crippen LogP contribution in [0.1, 0.15) is 11.1 Å². The average Bonchev–Trinajstić information content (AvgIpc) is 2.48. The largest absolute Gasteiger partial charge is 0.508 e. The standard InChI is InChI=1S/C17H20N2O2/c1-12-4-3-5-14(10-12)19(2)17(21)16(18)11-13-6-8-15(20)9-7-13/h3-10,16,20H,11,18H2,1-2H3/t16-/m0/s1. The normalized spacial score (nSPS) is 12.0. The molecule has 2 aromatic carbocycles. The SMILES string of the molecule is Cc1cccc(N(C)C(=O)[C@@H](N)Cc2ccc(O)cc2)c1. The van der Waals surface area contributed by atoms with Crippen molar-refractivity contribution in [3.05, 3.63) is 59.7 Å². The maximum atomic E-state index is 12.4. The predicted octanol–water partition coefficient (Wildman–Crippen LogP) is 2.23. The lowest BCUT2D eigenvalue weighted by Crippen LogP contribution is -2.43. The van der Waals surface area contributed by atoms with Gasteiger partial charge in [0.05, 0.1) is 6.04 Å². The van der Waals surface area contributed by atoms with Crippen LogP contribution in [0.5, 0.6) is 5.75 Å². The van der Waals surface area contributed by atoms with Crippen molar-refractivity contribution >= 4 is 11.6 Å². The number of benzene rings is 2. The zero-order chi connectivity index (χ0) is 15.4. The van der Waals surface area contributed by atoms with Crippen LogP contribution < -0.4 is 10.6 Å². The van der Waals surface area contributed by atoms with E-state index in [1.165, 1.54) is 0 Å². The molecule has 0 aliphatic rings. The summed E-state index contributed by atoms with van der Waals surface area (Å²) in [5, 5.41) is 9.26. The van der Waals surface area contributed by atoms with Gasteiger partial charge in [-0.3, -0.25) is 4.79 Å². The van der Waals surface area contributed by atoms with Gasteiger partial charge in [-0.25, -0.2) is 0 Å². The zero-order valence-electron chi connectivity index (χ0n) is 12.3. The molecule has 1 atom stereocenters. The van der Waals surface area contributed by atoms with Gasteiger partial charge >= 0.3 is 0 Å². The molecule has 1 amide bonds. The van der Waals surface area contributed by atoms with E-state index in [0.29, 0.717) is 6.42 Å². The van der Waals surface area contributed by atoms with Gasteiger partial charge in [-0.1, -0.05) is 24.3 Å². The molecule has 3 N–H and O–H groups in total. The number of hydrogen-bond donors (Lipinski definition) is 2. The number of carbonyl (C=O) groups excluding carboxylic acids is 1. The molecular weight excluding hydrogens is 264 g/mol. The molecule has 0 heterocycles. The van der Waals surface area contributed by atoms with E-state index in [4.69, 9.17) is 5.73 Å². The van der Waals surface area contributed by atoms with E-state index in [1.807, 2.05) is 31.2 Å². The maximum absolute atomic E-state index is 12.4. The zero-order valence-corrected chi connectivity index (χ0v) is 12.3. The number of carbonyl (C=O) groups is 1. The quantitative estimate of drug-likeness (QED) is 0.904. The Labute approximate surface area is 124 Å². The summed E-state index contributed by atoms with van der Waals surface area (Å²) in [6.45, 7) is 1.98. The summed E-state index contributed by atoms with van der Waals surface area (Å²) in [5.41, 5.74) is 8.86. The second-order valence-corrected chi connectivity index (χ2v) is 5.21. The predicted molar refractivity (Wildman–Crippen MR) is 84.4 cm³/mol. The van der Waals surface area contributed by atoms with E-state index in [2.05, 4.69) is 0 Å². The highest BCUT2D eigenvalue weighted by Crippen LogP contribution is 2.16. The number of amides is 1. The van der Waals surface area contributed by atoms with E-state index in [1.54, 1.807) is 36.2 Å². The fourth-order valence-electron chi connectivity index (χ4n) is 2.19. The molecule has 2 rings (SSSR count). The number of rotatable bonds is 4. The average molecular weight is 284 g/mol. The monoisotopic (exact) mass is 284 g/mol. The number of phenols is 1. The third-order valence-corrected chi connectivity index (χ3v) is 3.43. The molecule has 0 unspecified atom stereocenters. The second kappa shape index (κ2) is 6.41. The molecule has 0 aliphatic carbocycles. The molecule has 21 heavy (non-hydrogen) atoms. The highest BCUT2D eigenvalue weighted by atomic mass is 16.3. The smallest absolute Gasteiger partial charge is 0.243 e. The second-order valence-electron chi connectivity index (χ2n) is 5.21. The summed E-state index contributed by atoms with van der Waals surface area (Å²) in [7, 11) is 1.73. The van der Waals surface area contributed by atoms with Gasteiger partial charge in [-0.05, 0) is 48.7 Å². The first kappa shape index (κ1) is 15.1. The van der Waals surface area contributed by atoms with Crippen LogP contribution in [0.25, 0.3) is 0 Å². The van der Waals surface area contributed by atoms with E-state index in [0.717, 1.165) is 16.8 Å². The van der Waals surface area contributed by atoms with Gasteiger partial charge < -0.3 is 15.7 Å². The number of hydrogen-bond acceptors (Lipinski definition) is 3. The van der Waals surface area contributed by atoms with Crippen LogP contribution >= 0.6 is 0 Å². The Morgan fingerprint density at radius 2 is 1.90 bits per heavy atom. The topological polar surface area (TPSA) is 66.6 Å². The van der Waals surface area contributed by atoms with Crippen molar-refractivity contribution < 1.29 is 9.90 Å². The summed E-state index contributed by atoms with van der Waals surface area (Å²) in [6.07, 6.45) is 0.440. The first-order chi connectivity index (χ1) is 9.97. The van der Waals surface area contributed by atoms with Gasteiger partial charge in [0.2, 0.25) is 5.91 Å². The fourth-order valence-corrected chi connectivity index (χ4v) is 2.19. The van der Waals surface area contributed by atoms with Crippen molar-refractivity contribution in [1.82, 2.24) is 0 Å². The first-order valence-corrected chi connectivity index (χ1v) is 6.85. The first-order valence-electron chi connectivity index (χ1n) is 6.85. The molecule has 0 aromatic heterocycles. The third kappa shape index (κ3) is 3.83. The minimum Gasteiger partial charge on any atom is -0.508 e. The number of aromatic hydroxyl groups is 1. The van der Waals surface area contributed by atoms with Crippen LogP contribution in [0.15, 0.2) is 48.5 Å². The molecule has 4 heteroatoms. The lowest BCUT2D eigenvalue weighted by Gasteiger charge is -2.22. The summed E-state index contributed by atoms with van der Waals surface area (Å²) in [5.74, 6) is 0.0733. The molecule has 4 nitrogen and oxygen atoms in total. The maximum Gasteiger partial charge on any atom is 0.243 e. The summed E-state index contributed by atoms with van der Waals surface area (Å²) in [4.78, 5) is 14.0. The van der Waals surface area contributed by atoms with Crippen molar-refractivity contribution in [3.63, 3.8) is 0 Å². The molecule has 110 valence electrons. The number of aryl methyl sites for hydroxylation is 1.